The summed E-state index contributed by atoms with van der Waals surface area (Å²) in [6.45, 7) is 5.69. The zero-order valence-corrected chi connectivity index (χ0v) is 10.6. The molecule has 1 aliphatic heterocycles. The number of β-amino-alcohol motifs (C(OH)–C–C–N with tert-alkyl or cyclic N) is 1. The molecule has 1 aliphatic rings. The number of aliphatic hydroxyl groups is 1. The van der Waals surface area contributed by atoms with E-state index in [0.717, 1.165) is 30.8 Å². The molecule has 0 saturated heterocycles. The van der Waals surface area contributed by atoms with Crippen molar-refractivity contribution in [1.29, 1.82) is 0 Å². The molecule has 3 nitrogen and oxygen atoms in total. The summed E-state index contributed by atoms with van der Waals surface area (Å²) >= 11 is 0. The van der Waals surface area contributed by atoms with Crippen LogP contribution in [0.15, 0.2) is 24.3 Å². The fourth-order valence-corrected chi connectivity index (χ4v) is 2.15. The summed E-state index contributed by atoms with van der Waals surface area (Å²) in [5.41, 5.74) is 1.10. The minimum atomic E-state index is -0.265. The standard InChI is InChI=1S/C14H21NO2/c1-3-11(16)9-15-10-12(4-2)17-14-8-6-5-7-13(14)15/h5-8,11-12,16H,3-4,9-10H2,1-2H3/t11-,12?/m1/s1. The van der Waals surface area contributed by atoms with Crippen LogP contribution in [0, 0.1) is 0 Å². The second-order valence-electron chi connectivity index (χ2n) is 4.58. The molecular formula is C14H21NO2. The average molecular weight is 235 g/mol. The van der Waals surface area contributed by atoms with Crippen LogP contribution in [0.25, 0.3) is 0 Å². The van der Waals surface area contributed by atoms with Crippen molar-refractivity contribution in [3.05, 3.63) is 24.3 Å². The van der Waals surface area contributed by atoms with Gasteiger partial charge >= 0.3 is 0 Å². The fourth-order valence-electron chi connectivity index (χ4n) is 2.15. The number of nitrogens with zero attached hydrogens (tertiary/aromatic N) is 1. The van der Waals surface area contributed by atoms with Gasteiger partial charge in [-0.2, -0.15) is 0 Å². The lowest BCUT2D eigenvalue weighted by atomic mass is 10.1. The molecule has 1 aromatic carbocycles. The second kappa shape index (κ2) is 5.41. The summed E-state index contributed by atoms with van der Waals surface area (Å²) in [7, 11) is 0. The molecule has 0 amide bonds. The zero-order valence-electron chi connectivity index (χ0n) is 10.6. The van der Waals surface area contributed by atoms with Crippen LogP contribution in [0.2, 0.25) is 0 Å². The third kappa shape index (κ3) is 2.72. The lowest BCUT2D eigenvalue weighted by Crippen LogP contribution is -2.43. The average Bonchev–Trinajstić information content (AvgIpc) is 2.38. The minimum Gasteiger partial charge on any atom is -0.486 e. The van der Waals surface area contributed by atoms with E-state index in [0.29, 0.717) is 6.54 Å². The highest BCUT2D eigenvalue weighted by Gasteiger charge is 2.25. The van der Waals surface area contributed by atoms with Gasteiger partial charge in [-0.1, -0.05) is 26.0 Å². The Bertz CT molecular complexity index is 367. The molecule has 0 spiro atoms. The number of ether oxygens (including phenoxy) is 1. The number of para-hydroxylation sites is 2. The Kier molecular flexibility index (Phi) is 3.89. The van der Waals surface area contributed by atoms with Gasteiger partial charge in [0.1, 0.15) is 11.9 Å². The summed E-state index contributed by atoms with van der Waals surface area (Å²) in [6.07, 6.45) is 1.75. The molecule has 0 aromatic heterocycles. The lowest BCUT2D eigenvalue weighted by molar-refractivity contribution is 0.155. The van der Waals surface area contributed by atoms with Crippen LogP contribution in [0.4, 0.5) is 5.69 Å². The largest absolute Gasteiger partial charge is 0.486 e. The van der Waals surface area contributed by atoms with E-state index in [1.165, 1.54) is 0 Å². The summed E-state index contributed by atoms with van der Waals surface area (Å²) < 4.78 is 5.90. The number of rotatable bonds is 4. The van der Waals surface area contributed by atoms with Gasteiger partial charge in [-0.25, -0.2) is 0 Å². The van der Waals surface area contributed by atoms with Crippen molar-refractivity contribution in [2.75, 3.05) is 18.0 Å². The fraction of sp³-hybridized carbons (Fsp3) is 0.571. The van der Waals surface area contributed by atoms with Crippen LogP contribution in [0.1, 0.15) is 26.7 Å². The number of anilines is 1. The Morgan fingerprint density at radius 2 is 2.18 bits per heavy atom. The van der Waals surface area contributed by atoms with Crippen LogP contribution < -0.4 is 9.64 Å². The maximum absolute atomic E-state index is 9.81. The lowest BCUT2D eigenvalue weighted by Gasteiger charge is -2.37. The quantitative estimate of drug-likeness (QED) is 0.870. The molecule has 0 aliphatic carbocycles. The Labute approximate surface area is 103 Å². The van der Waals surface area contributed by atoms with Crippen LogP contribution in [0.3, 0.4) is 0 Å². The maximum atomic E-state index is 9.81. The Balaban J connectivity index is 2.20. The number of aliphatic hydroxyl groups excluding tert-OH is 1. The van der Waals surface area contributed by atoms with Gasteiger partial charge in [0.2, 0.25) is 0 Å². The molecule has 0 fully saturated rings. The number of hydrogen-bond donors (Lipinski definition) is 1. The molecular weight excluding hydrogens is 214 g/mol. The van der Waals surface area contributed by atoms with Crippen LogP contribution in [-0.2, 0) is 0 Å². The van der Waals surface area contributed by atoms with Crippen molar-refractivity contribution < 1.29 is 9.84 Å². The van der Waals surface area contributed by atoms with Crippen LogP contribution in [0.5, 0.6) is 5.75 Å². The predicted octanol–water partition coefficient (Wildman–Crippen LogP) is 2.43. The highest BCUT2D eigenvalue weighted by molar-refractivity contribution is 5.60. The molecule has 94 valence electrons. The van der Waals surface area contributed by atoms with Crippen molar-refractivity contribution in [2.45, 2.75) is 38.9 Å². The SMILES string of the molecule is CCC1CN(C[C@H](O)CC)c2ccccc2O1. The molecule has 2 atom stereocenters. The normalized spacial score (nSPS) is 20.6. The first-order chi connectivity index (χ1) is 8.24. The number of fused-ring (bicyclic) bond motifs is 1. The van der Waals surface area contributed by atoms with E-state index in [2.05, 4.69) is 17.9 Å². The van der Waals surface area contributed by atoms with Crippen molar-refractivity contribution in [1.82, 2.24) is 0 Å². The van der Waals surface area contributed by atoms with E-state index in [9.17, 15) is 5.11 Å². The van der Waals surface area contributed by atoms with Gasteiger partial charge in [-0.3, -0.25) is 0 Å². The van der Waals surface area contributed by atoms with E-state index in [-0.39, 0.29) is 12.2 Å². The van der Waals surface area contributed by atoms with E-state index < -0.39 is 0 Å². The summed E-state index contributed by atoms with van der Waals surface area (Å²) in [6, 6.07) is 8.07. The van der Waals surface area contributed by atoms with Crippen molar-refractivity contribution in [3.8, 4) is 5.75 Å². The monoisotopic (exact) mass is 235 g/mol. The van der Waals surface area contributed by atoms with Crippen molar-refractivity contribution >= 4 is 5.69 Å². The van der Waals surface area contributed by atoms with Crippen molar-refractivity contribution in [2.24, 2.45) is 0 Å². The van der Waals surface area contributed by atoms with Gasteiger partial charge in [0.15, 0.2) is 0 Å². The molecule has 17 heavy (non-hydrogen) atoms. The van der Waals surface area contributed by atoms with Gasteiger partial charge in [0.25, 0.3) is 0 Å². The minimum absolute atomic E-state index is 0.231. The van der Waals surface area contributed by atoms with E-state index in [4.69, 9.17) is 4.74 Å². The van der Waals surface area contributed by atoms with Crippen LogP contribution in [-0.4, -0.2) is 30.4 Å². The third-order valence-electron chi connectivity index (χ3n) is 3.28. The zero-order chi connectivity index (χ0) is 12.3. The summed E-state index contributed by atoms with van der Waals surface area (Å²) in [5, 5.41) is 9.81. The Morgan fingerprint density at radius 3 is 2.88 bits per heavy atom. The predicted molar refractivity (Wildman–Crippen MR) is 69.7 cm³/mol. The third-order valence-corrected chi connectivity index (χ3v) is 3.28. The molecule has 1 unspecified atom stereocenters. The highest BCUT2D eigenvalue weighted by Crippen LogP contribution is 2.33. The molecule has 1 heterocycles. The number of benzene rings is 1. The smallest absolute Gasteiger partial charge is 0.143 e. The number of hydrogen-bond acceptors (Lipinski definition) is 3. The molecule has 3 heteroatoms. The van der Waals surface area contributed by atoms with Gasteiger partial charge in [0, 0.05) is 6.54 Å². The Morgan fingerprint density at radius 1 is 1.41 bits per heavy atom. The van der Waals surface area contributed by atoms with Gasteiger partial charge in [-0.15, -0.1) is 0 Å². The molecule has 1 aromatic rings. The topological polar surface area (TPSA) is 32.7 Å². The molecule has 0 saturated carbocycles. The summed E-state index contributed by atoms with van der Waals surface area (Å²) in [4.78, 5) is 2.24. The van der Waals surface area contributed by atoms with Gasteiger partial charge in [0.05, 0.1) is 18.3 Å². The molecule has 0 bridgehead atoms. The first-order valence-corrected chi connectivity index (χ1v) is 6.43. The Hall–Kier alpha value is -1.22. The first-order valence-electron chi connectivity index (χ1n) is 6.43. The van der Waals surface area contributed by atoms with Gasteiger partial charge in [-0.05, 0) is 25.0 Å². The molecule has 2 rings (SSSR count). The second-order valence-corrected chi connectivity index (χ2v) is 4.58. The van der Waals surface area contributed by atoms with Crippen LogP contribution >= 0.6 is 0 Å². The van der Waals surface area contributed by atoms with E-state index in [1.54, 1.807) is 0 Å². The van der Waals surface area contributed by atoms with Gasteiger partial charge < -0.3 is 14.7 Å². The van der Waals surface area contributed by atoms with E-state index in [1.807, 2.05) is 25.1 Å². The van der Waals surface area contributed by atoms with E-state index >= 15 is 0 Å². The van der Waals surface area contributed by atoms with Crippen molar-refractivity contribution in [3.63, 3.8) is 0 Å². The first kappa shape index (κ1) is 12.2. The highest BCUT2D eigenvalue weighted by atomic mass is 16.5. The maximum Gasteiger partial charge on any atom is 0.143 e. The summed E-state index contributed by atoms with van der Waals surface area (Å²) in [5.74, 6) is 0.939. The molecule has 1 N–H and O–H groups in total. The molecule has 0 radical (unpaired) electrons.